The lowest BCUT2D eigenvalue weighted by Crippen LogP contribution is -2.02. The topological polar surface area (TPSA) is 84.8 Å². The monoisotopic (exact) mass is 346 g/mol. The summed E-state index contributed by atoms with van der Waals surface area (Å²) in [6.07, 6.45) is 1.82. The van der Waals surface area contributed by atoms with Crippen molar-refractivity contribution in [2.45, 2.75) is 19.8 Å². The Hall–Kier alpha value is -2.13. The molecule has 6 heteroatoms. The number of aromatic nitrogens is 2. The lowest BCUT2D eigenvalue weighted by Gasteiger charge is -2.12. The molecule has 0 aliphatic rings. The summed E-state index contributed by atoms with van der Waals surface area (Å²) < 4.78 is 5.71. The fourth-order valence-corrected chi connectivity index (χ4v) is 2.47. The van der Waals surface area contributed by atoms with E-state index < -0.39 is 0 Å². The molecule has 0 unspecified atom stereocenters. The number of hydrogen-bond acceptors (Lipinski definition) is 5. The fraction of sp³-hybridized carbons (Fsp3) is 0.267. The SMILES string of the molecule is CCCc1cc(C#N)ccc1-c1nc(OC)nc(N)c1Br. The number of hydrogen-bond donors (Lipinski definition) is 1. The van der Waals surface area contributed by atoms with Gasteiger partial charge in [-0.3, -0.25) is 0 Å². The van der Waals surface area contributed by atoms with Gasteiger partial charge in [0.25, 0.3) is 0 Å². The van der Waals surface area contributed by atoms with Crippen LogP contribution in [0.2, 0.25) is 0 Å². The first kappa shape index (κ1) is 15.3. The van der Waals surface area contributed by atoms with E-state index in [1.807, 2.05) is 12.1 Å². The molecule has 108 valence electrons. The number of nitrogen functional groups attached to an aromatic ring is 1. The van der Waals surface area contributed by atoms with E-state index in [9.17, 15) is 0 Å². The minimum absolute atomic E-state index is 0.220. The summed E-state index contributed by atoms with van der Waals surface area (Å²) in [5.41, 5.74) is 9.17. The molecule has 1 aromatic heterocycles. The van der Waals surface area contributed by atoms with Gasteiger partial charge in [-0.05, 0) is 40.0 Å². The summed E-state index contributed by atoms with van der Waals surface area (Å²) in [5.74, 6) is 0.323. The normalized spacial score (nSPS) is 10.2. The van der Waals surface area contributed by atoms with E-state index in [4.69, 9.17) is 15.7 Å². The van der Waals surface area contributed by atoms with Crippen molar-refractivity contribution in [3.8, 4) is 23.3 Å². The van der Waals surface area contributed by atoms with Crippen LogP contribution in [0.4, 0.5) is 5.82 Å². The van der Waals surface area contributed by atoms with Gasteiger partial charge in [-0.25, -0.2) is 0 Å². The van der Waals surface area contributed by atoms with Crippen LogP contribution in [0, 0.1) is 11.3 Å². The maximum absolute atomic E-state index is 9.05. The number of aryl methyl sites for hydroxylation is 1. The van der Waals surface area contributed by atoms with Gasteiger partial charge in [0.05, 0.1) is 28.9 Å². The Morgan fingerprint density at radius 1 is 1.38 bits per heavy atom. The molecule has 21 heavy (non-hydrogen) atoms. The summed E-state index contributed by atoms with van der Waals surface area (Å²) in [7, 11) is 1.50. The van der Waals surface area contributed by atoms with Gasteiger partial charge in [0.2, 0.25) is 0 Å². The number of nitriles is 1. The molecule has 0 aliphatic carbocycles. The zero-order valence-corrected chi connectivity index (χ0v) is 13.4. The number of methoxy groups -OCH3 is 1. The molecule has 0 saturated carbocycles. The molecule has 0 amide bonds. The Labute approximate surface area is 131 Å². The Balaban J connectivity index is 2.66. The zero-order chi connectivity index (χ0) is 15.4. The molecule has 0 radical (unpaired) electrons. The summed E-state index contributed by atoms with van der Waals surface area (Å²) in [6, 6.07) is 7.92. The molecule has 0 aliphatic heterocycles. The molecule has 1 aromatic carbocycles. The second-order valence-electron chi connectivity index (χ2n) is 4.49. The number of rotatable bonds is 4. The number of nitrogens with zero attached hydrogens (tertiary/aromatic N) is 3. The van der Waals surface area contributed by atoms with Crippen molar-refractivity contribution in [3.05, 3.63) is 33.8 Å². The molecule has 1 heterocycles. The largest absolute Gasteiger partial charge is 0.467 e. The predicted molar refractivity (Wildman–Crippen MR) is 84.8 cm³/mol. The van der Waals surface area contributed by atoms with Crippen LogP contribution in [0.1, 0.15) is 24.5 Å². The van der Waals surface area contributed by atoms with E-state index in [-0.39, 0.29) is 6.01 Å². The van der Waals surface area contributed by atoms with Crippen LogP contribution < -0.4 is 10.5 Å². The molecular weight excluding hydrogens is 332 g/mol. The van der Waals surface area contributed by atoms with E-state index in [1.54, 1.807) is 6.07 Å². The van der Waals surface area contributed by atoms with Gasteiger partial charge in [0.1, 0.15) is 5.82 Å². The standard InChI is InChI=1S/C15H15BrN4O/c1-3-4-10-7-9(8-17)5-6-11(10)13-12(16)14(18)20-15(19-13)21-2/h5-7H,3-4H2,1-2H3,(H2,18,19,20). The minimum atomic E-state index is 0.220. The van der Waals surface area contributed by atoms with Crippen molar-refractivity contribution in [3.63, 3.8) is 0 Å². The Morgan fingerprint density at radius 2 is 2.14 bits per heavy atom. The first-order chi connectivity index (χ1) is 10.1. The van der Waals surface area contributed by atoms with Crippen LogP contribution in [0.25, 0.3) is 11.3 Å². The lowest BCUT2D eigenvalue weighted by atomic mass is 9.98. The molecular formula is C15H15BrN4O. The van der Waals surface area contributed by atoms with Crippen molar-refractivity contribution in [1.82, 2.24) is 9.97 Å². The first-order valence-corrected chi connectivity index (χ1v) is 7.30. The van der Waals surface area contributed by atoms with Crippen LogP contribution in [0.15, 0.2) is 22.7 Å². The van der Waals surface area contributed by atoms with E-state index >= 15 is 0 Å². The van der Waals surface area contributed by atoms with E-state index in [2.05, 4.69) is 38.9 Å². The maximum atomic E-state index is 9.05. The van der Waals surface area contributed by atoms with Gasteiger partial charge in [-0.15, -0.1) is 0 Å². The van der Waals surface area contributed by atoms with Gasteiger partial charge in [0, 0.05) is 5.56 Å². The third-order valence-corrected chi connectivity index (χ3v) is 3.83. The van der Waals surface area contributed by atoms with Crippen molar-refractivity contribution < 1.29 is 4.74 Å². The summed E-state index contributed by atoms with van der Waals surface area (Å²) in [6.45, 7) is 2.09. The van der Waals surface area contributed by atoms with Crippen LogP contribution in [-0.2, 0) is 6.42 Å². The van der Waals surface area contributed by atoms with E-state index in [0.717, 1.165) is 24.0 Å². The van der Waals surface area contributed by atoms with Gasteiger partial charge >= 0.3 is 6.01 Å². The van der Waals surface area contributed by atoms with Crippen LogP contribution in [0.5, 0.6) is 6.01 Å². The molecule has 2 aromatic rings. The molecule has 5 nitrogen and oxygen atoms in total. The second kappa shape index (κ2) is 6.55. The van der Waals surface area contributed by atoms with E-state index in [1.165, 1.54) is 7.11 Å². The molecule has 0 spiro atoms. The van der Waals surface area contributed by atoms with E-state index in [0.29, 0.717) is 21.5 Å². The quantitative estimate of drug-likeness (QED) is 0.917. The van der Waals surface area contributed by atoms with Crippen molar-refractivity contribution >= 4 is 21.7 Å². The molecule has 0 atom stereocenters. The second-order valence-corrected chi connectivity index (χ2v) is 5.28. The van der Waals surface area contributed by atoms with Crippen molar-refractivity contribution in [1.29, 1.82) is 5.26 Å². The number of benzene rings is 1. The molecule has 2 rings (SSSR count). The fourth-order valence-electron chi connectivity index (χ4n) is 2.08. The smallest absolute Gasteiger partial charge is 0.318 e. The van der Waals surface area contributed by atoms with Crippen LogP contribution in [-0.4, -0.2) is 17.1 Å². The van der Waals surface area contributed by atoms with Gasteiger partial charge < -0.3 is 10.5 Å². The highest BCUT2D eigenvalue weighted by atomic mass is 79.9. The summed E-state index contributed by atoms with van der Waals surface area (Å²) in [5, 5.41) is 9.05. The average molecular weight is 347 g/mol. The number of ether oxygens (including phenoxy) is 1. The van der Waals surface area contributed by atoms with Gasteiger partial charge in [-0.2, -0.15) is 15.2 Å². The van der Waals surface area contributed by atoms with Crippen molar-refractivity contribution in [2.75, 3.05) is 12.8 Å². The van der Waals surface area contributed by atoms with Gasteiger partial charge in [-0.1, -0.05) is 19.4 Å². The molecule has 0 fully saturated rings. The Bertz CT molecular complexity index is 710. The number of anilines is 1. The van der Waals surface area contributed by atoms with Crippen LogP contribution in [0.3, 0.4) is 0 Å². The number of halogens is 1. The molecule has 0 saturated heterocycles. The Morgan fingerprint density at radius 3 is 2.76 bits per heavy atom. The highest BCUT2D eigenvalue weighted by molar-refractivity contribution is 9.10. The lowest BCUT2D eigenvalue weighted by molar-refractivity contribution is 0.381. The highest BCUT2D eigenvalue weighted by Gasteiger charge is 2.15. The third-order valence-electron chi connectivity index (χ3n) is 3.05. The Kier molecular flexibility index (Phi) is 4.76. The first-order valence-electron chi connectivity index (χ1n) is 6.51. The van der Waals surface area contributed by atoms with Crippen LogP contribution >= 0.6 is 15.9 Å². The summed E-state index contributed by atoms with van der Waals surface area (Å²) in [4.78, 5) is 8.41. The third kappa shape index (κ3) is 3.14. The average Bonchev–Trinajstić information content (AvgIpc) is 2.50. The minimum Gasteiger partial charge on any atom is -0.467 e. The molecule has 2 N–H and O–H groups in total. The highest BCUT2D eigenvalue weighted by Crippen LogP contribution is 2.34. The van der Waals surface area contributed by atoms with Crippen molar-refractivity contribution in [2.24, 2.45) is 0 Å². The number of nitrogens with two attached hydrogens (primary N) is 1. The van der Waals surface area contributed by atoms with Gasteiger partial charge in [0.15, 0.2) is 0 Å². The molecule has 0 bridgehead atoms. The summed E-state index contributed by atoms with van der Waals surface area (Å²) >= 11 is 3.43. The zero-order valence-electron chi connectivity index (χ0n) is 11.9. The maximum Gasteiger partial charge on any atom is 0.318 e. The predicted octanol–water partition coefficient (Wildman–Crippen LogP) is 3.32.